The molecule has 0 radical (unpaired) electrons. The molecule has 0 aliphatic carbocycles. The molecule has 0 amide bonds. The highest BCUT2D eigenvalue weighted by Crippen LogP contribution is 2.36. The van der Waals surface area contributed by atoms with Crippen molar-refractivity contribution in [3.8, 4) is 22.6 Å². The highest BCUT2D eigenvalue weighted by Gasteiger charge is 2.13. The lowest BCUT2D eigenvalue weighted by Gasteiger charge is -2.09. The molecule has 1 aromatic carbocycles. The molecule has 5 nitrogen and oxygen atoms in total. The second-order valence-electron chi connectivity index (χ2n) is 4.56. The third-order valence-electron chi connectivity index (χ3n) is 3.33. The molecule has 0 spiro atoms. The predicted octanol–water partition coefficient (Wildman–Crippen LogP) is 2.68. The summed E-state index contributed by atoms with van der Waals surface area (Å²) >= 11 is 1.41. The molecule has 2 aromatic heterocycles. The number of nitrogens with zero attached hydrogens (tertiary/aromatic N) is 2. The van der Waals surface area contributed by atoms with Crippen molar-refractivity contribution in [3.63, 3.8) is 0 Å². The van der Waals surface area contributed by atoms with E-state index < -0.39 is 0 Å². The van der Waals surface area contributed by atoms with Crippen LogP contribution in [0.15, 0.2) is 34.7 Å². The number of aromatic nitrogens is 2. The minimum absolute atomic E-state index is 0.0308. The first-order chi connectivity index (χ1) is 10.2. The van der Waals surface area contributed by atoms with Gasteiger partial charge in [0.15, 0.2) is 11.5 Å². The molecule has 21 heavy (non-hydrogen) atoms. The molecule has 0 unspecified atom stereocenters. The highest BCUT2D eigenvalue weighted by atomic mass is 32.1. The molecule has 0 saturated heterocycles. The second kappa shape index (κ2) is 5.21. The standard InChI is InChI=1S/C15H14N2O3S/c1-17-8-16-13-10(7-21-14(13)15(17)18)9-4-5-11(19-2)12(6-9)20-3/h4-8H,1-3H3. The molecule has 2 heterocycles. The Bertz CT molecular complexity index is 867. The first-order valence-corrected chi connectivity index (χ1v) is 7.19. The van der Waals surface area contributed by atoms with Crippen molar-refractivity contribution in [2.45, 2.75) is 0 Å². The third kappa shape index (κ3) is 2.17. The summed E-state index contributed by atoms with van der Waals surface area (Å²) in [6, 6.07) is 5.67. The van der Waals surface area contributed by atoms with E-state index in [1.165, 1.54) is 15.9 Å². The smallest absolute Gasteiger partial charge is 0.271 e. The Labute approximate surface area is 125 Å². The van der Waals surface area contributed by atoms with E-state index in [0.29, 0.717) is 16.2 Å². The van der Waals surface area contributed by atoms with Crippen LogP contribution in [0, 0.1) is 0 Å². The van der Waals surface area contributed by atoms with Crippen LogP contribution in [0.5, 0.6) is 11.5 Å². The summed E-state index contributed by atoms with van der Waals surface area (Å²) in [6.07, 6.45) is 1.54. The Morgan fingerprint density at radius 1 is 1.19 bits per heavy atom. The lowest BCUT2D eigenvalue weighted by atomic mass is 10.1. The molecular formula is C15H14N2O3S. The van der Waals surface area contributed by atoms with E-state index in [4.69, 9.17) is 9.47 Å². The minimum Gasteiger partial charge on any atom is -0.493 e. The molecule has 0 N–H and O–H groups in total. The van der Waals surface area contributed by atoms with Crippen molar-refractivity contribution in [2.75, 3.05) is 14.2 Å². The Kier molecular flexibility index (Phi) is 3.39. The van der Waals surface area contributed by atoms with E-state index in [9.17, 15) is 4.79 Å². The minimum atomic E-state index is -0.0308. The number of fused-ring (bicyclic) bond motifs is 1. The molecule has 0 saturated carbocycles. The first-order valence-electron chi connectivity index (χ1n) is 6.31. The van der Waals surface area contributed by atoms with Gasteiger partial charge in [-0.05, 0) is 17.7 Å². The summed E-state index contributed by atoms with van der Waals surface area (Å²) < 4.78 is 12.7. The predicted molar refractivity (Wildman–Crippen MR) is 83.4 cm³/mol. The second-order valence-corrected chi connectivity index (χ2v) is 5.44. The lowest BCUT2D eigenvalue weighted by Crippen LogP contribution is -2.15. The van der Waals surface area contributed by atoms with Crippen LogP contribution in [0.4, 0.5) is 0 Å². The van der Waals surface area contributed by atoms with Gasteiger partial charge in [-0.1, -0.05) is 6.07 Å². The van der Waals surface area contributed by atoms with Gasteiger partial charge in [-0.15, -0.1) is 11.3 Å². The van der Waals surface area contributed by atoms with Crippen LogP contribution in [0.25, 0.3) is 21.3 Å². The zero-order valence-electron chi connectivity index (χ0n) is 11.9. The number of benzene rings is 1. The van der Waals surface area contributed by atoms with Crippen LogP contribution in [-0.2, 0) is 7.05 Å². The lowest BCUT2D eigenvalue weighted by molar-refractivity contribution is 0.355. The number of hydrogen-bond acceptors (Lipinski definition) is 5. The molecular weight excluding hydrogens is 288 g/mol. The number of methoxy groups -OCH3 is 2. The summed E-state index contributed by atoms with van der Waals surface area (Å²) in [6.45, 7) is 0. The Morgan fingerprint density at radius 3 is 2.67 bits per heavy atom. The number of hydrogen-bond donors (Lipinski definition) is 0. The zero-order chi connectivity index (χ0) is 15.0. The van der Waals surface area contributed by atoms with Gasteiger partial charge < -0.3 is 14.0 Å². The monoisotopic (exact) mass is 302 g/mol. The molecule has 0 aliphatic rings. The topological polar surface area (TPSA) is 53.4 Å². The SMILES string of the molecule is COc1ccc(-c2csc3c(=O)n(C)cnc23)cc1OC. The van der Waals surface area contributed by atoms with E-state index >= 15 is 0 Å². The van der Waals surface area contributed by atoms with Crippen molar-refractivity contribution in [1.82, 2.24) is 9.55 Å². The number of ether oxygens (including phenoxy) is 2. The average molecular weight is 302 g/mol. The highest BCUT2D eigenvalue weighted by molar-refractivity contribution is 7.17. The van der Waals surface area contributed by atoms with E-state index in [2.05, 4.69) is 4.98 Å². The van der Waals surface area contributed by atoms with Crippen molar-refractivity contribution in [2.24, 2.45) is 7.05 Å². The van der Waals surface area contributed by atoms with Crippen LogP contribution in [0.2, 0.25) is 0 Å². The maximum absolute atomic E-state index is 12.1. The van der Waals surface area contributed by atoms with Crippen LogP contribution in [0.1, 0.15) is 0 Å². The third-order valence-corrected chi connectivity index (χ3v) is 4.29. The number of rotatable bonds is 3. The quantitative estimate of drug-likeness (QED) is 0.746. The molecule has 0 fully saturated rings. The summed E-state index contributed by atoms with van der Waals surface area (Å²) in [7, 11) is 4.90. The maximum Gasteiger partial charge on any atom is 0.271 e. The van der Waals surface area contributed by atoms with Crippen LogP contribution < -0.4 is 15.0 Å². The molecule has 6 heteroatoms. The first kappa shape index (κ1) is 13.6. The van der Waals surface area contributed by atoms with Gasteiger partial charge in [0.1, 0.15) is 4.70 Å². The van der Waals surface area contributed by atoms with Crippen LogP contribution in [-0.4, -0.2) is 23.8 Å². The maximum atomic E-state index is 12.1. The van der Waals surface area contributed by atoms with E-state index in [1.807, 2.05) is 23.6 Å². The van der Waals surface area contributed by atoms with E-state index in [1.54, 1.807) is 27.6 Å². The summed E-state index contributed by atoms with van der Waals surface area (Å²) in [5, 5.41) is 1.94. The molecule has 108 valence electrons. The number of thiophene rings is 1. The summed E-state index contributed by atoms with van der Waals surface area (Å²) in [4.78, 5) is 16.5. The van der Waals surface area contributed by atoms with Gasteiger partial charge >= 0.3 is 0 Å². The zero-order valence-corrected chi connectivity index (χ0v) is 12.7. The Balaban J connectivity index is 2.21. The van der Waals surface area contributed by atoms with Crippen LogP contribution in [0.3, 0.4) is 0 Å². The Morgan fingerprint density at radius 2 is 1.95 bits per heavy atom. The summed E-state index contributed by atoms with van der Waals surface area (Å²) in [5.41, 5.74) is 2.56. The van der Waals surface area contributed by atoms with Gasteiger partial charge in [0, 0.05) is 18.0 Å². The molecule has 3 aromatic rings. The van der Waals surface area contributed by atoms with Gasteiger partial charge in [-0.25, -0.2) is 4.98 Å². The molecule has 0 bridgehead atoms. The van der Waals surface area contributed by atoms with Crippen molar-refractivity contribution in [3.05, 3.63) is 40.3 Å². The summed E-state index contributed by atoms with van der Waals surface area (Å²) in [5.74, 6) is 1.32. The van der Waals surface area contributed by atoms with Crippen molar-refractivity contribution < 1.29 is 9.47 Å². The van der Waals surface area contributed by atoms with E-state index in [-0.39, 0.29) is 5.56 Å². The van der Waals surface area contributed by atoms with Crippen molar-refractivity contribution >= 4 is 21.6 Å². The van der Waals surface area contributed by atoms with Gasteiger partial charge in [-0.3, -0.25) is 4.79 Å². The van der Waals surface area contributed by atoms with Crippen LogP contribution >= 0.6 is 11.3 Å². The fourth-order valence-corrected chi connectivity index (χ4v) is 3.20. The molecule has 0 atom stereocenters. The van der Waals surface area contributed by atoms with Gasteiger partial charge in [-0.2, -0.15) is 0 Å². The van der Waals surface area contributed by atoms with Gasteiger partial charge in [0.05, 0.1) is 26.1 Å². The molecule has 0 aliphatic heterocycles. The van der Waals surface area contributed by atoms with Gasteiger partial charge in [0.25, 0.3) is 5.56 Å². The number of aryl methyl sites for hydroxylation is 1. The van der Waals surface area contributed by atoms with E-state index in [0.717, 1.165) is 16.6 Å². The largest absolute Gasteiger partial charge is 0.493 e. The normalized spacial score (nSPS) is 10.8. The Hall–Kier alpha value is -2.34. The van der Waals surface area contributed by atoms with Gasteiger partial charge in [0.2, 0.25) is 0 Å². The van der Waals surface area contributed by atoms with Crippen molar-refractivity contribution in [1.29, 1.82) is 0 Å². The average Bonchev–Trinajstić information content (AvgIpc) is 2.95. The molecule has 3 rings (SSSR count). The fourth-order valence-electron chi connectivity index (χ4n) is 2.20. The fraction of sp³-hybridized carbons (Fsp3) is 0.200.